The summed E-state index contributed by atoms with van der Waals surface area (Å²) in [5, 5.41) is -0.311. The van der Waals surface area contributed by atoms with Gasteiger partial charge in [0.05, 0.1) is 23.7 Å². The van der Waals surface area contributed by atoms with E-state index in [1.807, 2.05) is 25.1 Å². The fourth-order valence-corrected chi connectivity index (χ4v) is 4.86. The molecule has 0 aliphatic carbocycles. The standard InChI is InChI=1S/C25H23FN2O4S/c1-3-31-25(30)20-11-12-21(16(2)23(20)32-14-19-6-4-5-13-27-19)28-22(29)15-33-24(28)17-7-9-18(26)10-8-17/h4-13,24H,3,14-15H2,1-2H3. The highest BCUT2D eigenvalue weighted by Gasteiger charge is 2.36. The predicted octanol–water partition coefficient (Wildman–Crippen LogP) is 5.06. The van der Waals surface area contributed by atoms with Crippen molar-refractivity contribution in [2.75, 3.05) is 17.3 Å². The van der Waals surface area contributed by atoms with Crippen LogP contribution < -0.4 is 9.64 Å². The van der Waals surface area contributed by atoms with Gasteiger partial charge in [-0.25, -0.2) is 9.18 Å². The number of hydrogen-bond donors (Lipinski definition) is 0. The van der Waals surface area contributed by atoms with E-state index in [0.29, 0.717) is 28.4 Å². The Balaban J connectivity index is 1.73. The van der Waals surface area contributed by atoms with Gasteiger partial charge in [-0.05, 0) is 55.8 Å². The summed E-state index contributed by atoms with van der Waals surface area (Å²) in [6, 6.07) is 15.0. The lowest BCUT2D eigenvalue weighted by Gasteiger charge is -2.27. The van der Waals surface area contributed by atoms with E-state index in [1.165, 1.54) is 23.9 Å². The van der Waals surface area contributed by atoms with Crippen molar-refractivity contribution in [3.63, 3.8) is 0 Å². The zero-order valence-corrected chi connectivity index (χ0v) is 19.1. The Morgan fingerprint density at radius 2 is 1.97 bits per heavy atom. The first kappa shape index (κ1) is 22.8. The molecule has 1 saturated heterocycles. The number of esters is 1. The van der Waals surface area contributed by atoms with Crippen molar-refractivity contribution in [3.05, 3.63) is 89.0 Å². The van der Waals surface area contributed by atoms with Crippen molar-refractivity contribution in [1.82, 2.24) is 4.98 Å². The van der Waals surface area contributed by atoms with Crippen LogP contribution >= 0.6 is 11.8 Å². The van der Waals surface area contributed by atoms with Crippen LogP contribution in [-0.4, -0.2) is 29.2 Å². The maximum Gasteiger partial charge on any atom is 0.341 e. The number of benzene rings is 2. The zero-order chi connectivity index (χ0) is 23.4. The number of hydrogen-bond acceptors (Lipinski definition) is 6. The number of ether oxygens (including phenoxy) is 2. The number of nitrogens with zero attached hydrogens (tertiary/aromatic N) is 2. The van der Waals surface area contributed by atoms with Crippen LogP contribution in [0.2, 0.25) is 0 Å². The van der Waals surface area contributed by atoms with Gasteiger partial charge in [0, 0.05) is 11.8 Å². The second-order valence-corrected chi connectivity index (χ2v) is 8.46. The highest BCUT2D eigenvalue weighted by Crippen LogP contribution is 2.45. The number of anilines is 1. The minimum absolute atomic E-state index is 0.0722. The van der Waals surface area contributed by atoms with Crippen LogP contribution in [0.1, 0.15) is 39.5 Å². The van der Waals surface area contributed by atoms with Crippen LogP contribution in [-0.2, 0) is 16.1 Å². The largest absolute Gasteiger partial charge is 0.486 e. The molecule has 1 atom stereocenters. The smallest absolute Gasteiger partial charge is 0.341 e. The lowest BCUT2D eigenvalue weighted by atomic mass is 10.1. The monoisotopic (exact) mass is 466 g/mol. The Morgan fingerprint density at radius 1 is 1.18 bits per heavy atom. The zero-order valence-electron chi connectivity index (χ0n) is 18.3. The summed E-state index contributed by atoms with van der Waals surface area (Å²) >= 11 is 1.47. The van der Waals surface area contributed by atoms with Gasteiger partial charge in [-0.3, -0.25) is 14.7 Å². The van der Waals surface area contributed by atoms with E-state index in [4.69, 9.17) is 9.47 Å². The Labute approximate surface area is 195 Å². The van der Waals surface area contributed by atoms with Crippen LogP contribution in [0.25, 0.3) is 0 Å². The maximum atomic E-state index is 13.4. The predicted molar refractivity (Wildman–Crippen MR) is 125 cm³/mol. The molecule has 3 aromatic rings. The number of thioether (sulfide) groups is 1. The molecule has 1 aliphatic heterocycles. The molecule has 170 valence electrons. The molecule has 1 fully saturated rings. The van der Waals surface area contributed by atoms with Crippen LogP contribution in [0, 0.1) is 12.7 Å². The summed E-state index contributed by atoms with van der Waals surface area (Å²) in [5.74, 6) is -0.262. The Kier molecular flexibility index (Phi) is 6.93. The molecule has 1 aliphatic rings. The summed E-state index contributed by atoms with van der Waals surface area (Å²) in [6.07, 6.45) is 1.67. The van der Waals surface area contributed by atoms with Crippen LogP contribution in [0.15, 0.2) is 60.8 Å². The van der Waals surface area contributed by atoms with Gasteiger partial charge < -0.3 is 9.47 Å². The molecule has 0 spiro atoms. The number of pyridine rings is 1. The van der Waals surface area contributed by atoms with Crippen molar-refractivity contribution in [2.45, 2.75) is 25.8 Å². The van der Waals surface area contributed by atoms with Crippen LogP contribution in [0.3, 0.4) is 0 Å². The average molecular weight is 467 g/mol. The number of rotatable bonds is 7. The lowest BCUT2D eigenvalue weighted by molar-refractivity contribution is -0.115. The third-order valence-corrected chi connectivity index (χ3v) is 6.46. The molecular formula is C25H23FN2O4S. The fraction of sp³-hybridized carbons (Fsp3) is 0.240. The topological polar surface area (TPSA) is 68.7 Å². The quantitative estimate of drug-likeness (QED) is 0.453. The van der Waals surface area contributed by atoms with Gasteiger partial charge in [0.25, 0.3) is 0 Å². The fourth-order valence-electron chi connectivity index (χ4n) is 3.69. The van der Waals surface area contributed by atoms with Crippen molar-refractivity contribution >= 4 is 29.3 Å². The van der Waals surface area contributed by atoms with Crippen LogP contribution in [0.5, 0.6) is 5.75 Å². The van der Waals surface area contributed by atoms with Gasteiger partial charge in [-0.2, -0.15) is 0 Å². The van der Waals surface area contributed by atoms with Crippen molar-refractivity contribution in [2.24, 2.45) is 0 Å². The van der Waals surface area contributed by atoms with Gasteiger partial charge in [0.2, 0.25) is 5.91 Å². The van der Waals surface area contributed by atoms with E-state index in [-0.39, 0.29) is 35.9 Å². The minimum atomic E-state index is -0.500. The van der Waals surface area contributed by atoms with E-state index in [2.05, 4.69) is 4.98 Å². The molecule has 0 radical (unpaired) electrons. The van der Waals surface area contributed by atoms with E-state index in [9.17, 15) is 14.0 Å². The Bertz CT molecular complexity index is 1160. The van der Waals surface area contributed by atoms with E-state index in [0.717, 1.165) is 5.56 Å². The first-order valence-corrected chi connectivity index (χ1v) is 11.6. The molecule has 2 aromatic carbocycles. The molecule has 6 nitrogen and oxygen atoms in total. The number of carbonyl (C=O) groups excluding carboxylic acids is 2. The summed E-state index contributed by atoms with van der Waals surface area (Å²) < 4.78 is 24.7. The molecule has 2 heterocycles. The normalized spacial score (nSPS) is 15.5. The Morgan fingerprint density at radius 3 is 2.67 bits per heavy atom. The summed E-state index contributed by atoms with van der Waals surface area (Å²) in [7, 11) is 0. The highest BCUT2D eigenvalue weighted by molar-refractivity contribution is 8.00. The Hall–Kier alpha value is -3.39. The van der Waals surface area contributed by atoms with Crippen molar-refractivity contribution in [3.8, 4) is 5.75 Å². The van der Waals surface area contributed by atoms with Gasteiger partial charge in [-0.15, -0.1) is 11.8 Å². The third kappa shape index (κ3) is 4.85. The molecule has 1 aromatic heterocycles. The summed E-state index contributed by atoms with van der Waals surface area (Å²) in [5.41, 5.74) is 3.07. The lowest BCUT2D eigenvalue weighted by Crippen LogP contribution is -2.29. The highest BCUT2D eigenvalue weighted by atomic mass is 32.2. The van der Waals surface area contributed by atoms with Crippen LogP contribution in [0.4, 0.5) is 10.1 Å². The van der Waals surface area contributed by atoms with Gasteiger partial charge >= 0.3 is 5.97 Å². The molecule has 0 N–H and O–H groups in total. The van der Waals surface area contributed by atoms with Crippen molar-refractivity contribution in [1.29, 1.82) is 0 Å². The molecule has 1 unspecified atom stereocenters. The van der Waals surface area contributed by atoms with Crippen molar-refractivity contribution < 1.29 is 23.5 Å². The van der Waals surface area contributed by atoms with E-state index >= 15 is 0 Å². The number of halogens is 1. The molecule has 0 saturated carbocycles. The molecule has 1 amide bonds. The van der Waals surface area contributed by atoms with Gasteiger partial charge in [0.1, 0.15) is 29.1 Å². The maximum absolute atomic E-state index is 13.4. The molecule has 8 heteroatoms. The first-order chi connectivity index (χ1) is 16.0. The number of aromatic nitrogens is 1. The third-order valence-electron chi connectivity index (χ3n) is 5.25. The molecular weight excluding hydrogens is 443 g/mol. The molecule has 0 bridgehead atoms. The summed E-state index contributed by atoms with van der Waals surface area (Å²) in [6.45, 7) is 3.93. The van der Waals surface area contributed by atoms with E-state index in [1.54, 1.807) is 42.3 Å². The second-order valence-electron chi connectivity index (χ2n) is 7.40. The van der Waals surface area contributed by atoms with Gasteiger partial charge in [-0.1, -0.05) is 18.2 Å². The second kappa shape index (κ2) is 10.0. The number of amides is 1. The molecule has 33 heavy (non-hydrogen) atoms. The summed E-state index contributed by atoms with van der Waals surface area (Å²) in [4.78, 5) is 31.4. The van der Waals surface area contributed by atoms with E-state index < -0.39 is 5.97 Å². The minimum Gasteiger partial charge on any atom is -0.486 e. The first-order valence-electron chi connectivity index (χ1n) is 10.5. The SMILES string of the molecule is CCOC(=O)c1ccc(N2C(=O)CSC2c2ccc(F)cc2)c(C)c1OCc1ccccn1. The molecule has 4 rings (SSSR count). The average Bonchev–Trinajstić information content (AvgIpc) is 3.20. The number of carbonyl (C=O) groups is 2. The van der Waals surface area contributed by atoms with Gasteiger partial charge in [0.15, 0.2) is 0 Å².